The van der Waals surface area contributed by atoms with Crippen molar-refractivity contribution in [1.29, 1.82) is 5.26 Å². The molecule has 0 spiro atoms. The Morgan fingerprint density at radius 3 is 2.54 bits per heavy atom. The molecule has 1 aliphatic rings. The lowest BCUT2D eigenvalue weighted by Crippen LogP contribution is -2.47. The third-order valence-electron chi connectivity index (χ3n) is 5.20. The first-order valence-corrected chi connectivity index (χ1v) is 10.00. The second-order valence-electron chi connectivity index (χ2n) is 6.98. The van der Waals surface area contributed by atoms with E-state index >= 15 is 0 Å². The second-order valence-corrected chi connectivity index (χ2v) is 8.06. The van der Waals surface area contributed by atoms with Gasteiger partial charge in [0.1, 0.15) is 10.9 Å². The van der Waals surface area contributed by atoms with Gasteiger partial charge in [-0.15, -0.1) is 11.3 Å². The zero-order valence-corrected chi connectivity index (χ0v) is 15.9. The second kappa shape index (κ2) is 7.49. The molecule has 2 aromatic carbocycles. The van der Waals surface area contributed by atoms with Gasteiger partial charge in [-0.3, -0.25) is 4.90 Å². The molecular weight excluding hydrogens is 338 g/mol. The van der Waals surface area contributed by atoms with Gasteiger partial charge in [-0.1, -0.05) is 35.9 Å². The number of rotatable bonds is 4. The number of hydrogen-bond acceptors (Lipinski definition) is 4. The summed E-state index contributed by atoms with van der Waals surface area (Å²) in [6, 6.07) is 19.6. The van der Waals surface area contributed by atoms with Gasteiger partial charge in [-0.05, 0) is 37.1 Å². The number of fused-ring (bicyclic) bond motifs is 1. The minimum atomic E-state index is 0.796. The van der Waals surface area contributed by atoms with E-state index in [1.165, 1.54) is 26.9 Å². The van der Waals surface area contributed by atoms with E-state index in [1.807, 2.05) is 6.07 Å². The van der Waals surface area contributed by atoms with Crippen LogP contribution in [0.25, 0.3) is 10.1 Å². The summed E-state index contributed by atoms with van der Waals surface area (Å²) in [5, 5.41) is 10.4. The number of thiophene rings is 1. The van der Waals surface area contributed by atoms with Crippen LogP contribution < -0.4 is 4.90 Å². The van der Waals surface area contributed by atoms with Crippen LogP contribution >= 0.6 is 11.3 Å². The van der Waals surface area contributed by atoms with Crippen molar-refractivity contribution in [2.24, 2.45) is 0 Å². The van der Waals surface area contributed by atoms with E-state index in [1.54, 1.807) is 11.3 Å². The molecule has 0 amide bonds. The average Bonchev–Trinajstić information content (AvgIpc) is 3.11. The maximum absolute atomic E-state index is 9.18. The molecule has 1 aliphatic heterocycles. The predicted octanol–water partition coefficient (Wildman–Crippen LogP) is 4.45. The zero-order chi connectivity index (χ0) is 17.9. The number of nitrogens with zero attached hydrogens (tertiary/aromatic N) is 3. The molecule has 0 saturated carbocycles. The molecule has 3 nitrogen and oxygen atoms in total. The van der Waals surface area contributed by atoms with Crippen LogP contribution in [-0.4, -0.2) is 37.6 Å². The van der Waals surface area contributed by atoms with Gasteiger partial charge in [0.2, 0.25) is 0 Å². The molecule has 1 saturated heterocycles. The van der Waals surface area contributed by atoms with Crippen molar-refractivity contribution < 1.29 is 0 Å². The van der Waals surface area contributed by atoms with Crippen LogP contribution in [0.5, 0.6) is 0 Å². The molecule has 0 N–H and O–H groups in total. The zero-order valence-electron chi connectivity index (χ0n) is 15.1. The Kier molecular flexibility index (Phi) is 4.92. The molecular formula is C22H23N3S. The fourth-order valence-electron chi connectivity index (χ4n) is 3.63. The van der Waals surface area contributed by atoms with Gasteiger partial charge in [0.25, 0.3) is 0 Å². The van der Waals surface area contributed by atoms with E-state index in [2.05, 4.69) is 65.3 Å². The van der Waals surface area contributed by atoms with Gasteiger partial charge in [-0.25, -0.2) is 0 Å². The molecule has 0 radical (unpaired) electrons. The van der Waals surface area contributed by atoms with Crippen LogP contribution in [-0.2, 0) is 6.42 Å². The van der Waals surface area contributed by atoms with Gasteiger partial charge in [0.05, 0.1) is 0 Å². The molecule has 3 aromatic rings. The smallest absolute Gasteiger partial charge is 0.110 e. The van der Waals surface area contributed by atoms with Gasteiger partial charge < -0.3 is 4.90 Å². The Morgan fingerprint density at radius 1 is 1.04 bits per heavy atom. The highest BCUT2D eigenvalue weighted by Gasteiger charge is 2.19. The normalized spacial score (nSPS) is 15.3. The van der Waals surface area contributed by atoms with Crippen molar-refractivity contribution in [1.82, 2.24) is 4.90 Å². The predicted molar refractivity (Wildman–Crippen MR) is 110 cm³/mol. The largest absolute Gasteiger partial charge is 0.368 e. The first-order valence-electron chi connectivity index (χ1n) is 9.18. The highest BCUT2D eigenvalue weighted by molar-refractivity contribution is 7.19. The fourth-order valence-corrected chi connectivity index (χ4v) is 4.51. The van der Waals surface area contributed by atoms with Gasteiger partial charge in [-0.2, -0.15) is 5.26 Å². The van der Waals surface area contributed by atoms with Crippen LogP contribution in [0, 0.1) is 18.3 Å². The summed E-state index contributed by atoms with van der Waals surface area (Å²) in [6.45, 7) is 7.54. The fraction of sp³-hybridized carbons (Fsp3) is 0.318. The molecule has 0 bridgehead atoms. The van der Waals surface area contributed by atoms with E-state index in [0.717, 1.165) is 44.0 Å². The van der Waals surface area contributed by atoms with E-state index < -0.39 is 0 Å². The molecule has 4 rings (SSSR count). The van der Waals surface area contributed by atoms with Crippen molar-refractivity contribution in [3.8, 4) is 6.07 Å². The summed E-state index contributed by atoms with van der Waals surface area (Å²) in [4.78, 5) is 5.83. The van der Waals surface area contributed by atoms with E-state index in [9.17, 15) is 5.26 Å². The SMILES string of the molecule is Cc1ccc(CCN2CCN(c3cccc4sc(C#N)cc34)CC2)cc1. The van der Waals surface area contributed by atoms with Crippen molar-refractivity contribution in [2.75, 3.05) is 37.6 Å². The molecule has 2 heterocycles. The number of benzene rings is 2. The summed E-state index contributed by atoms with van der Waals surface area (Å²) in [6.07, 6.45) is 1.12. The minimum absolute atomic E-state index is 0.796. The summed E-state index contributed by atoms with van der Waals surface area (Å²) in [7, 11) is 0. The summed E-state index contributed by atoms with van der Waals surface area (Å²) >= 11 is 1.58. The van der Waals surface area contributed by atoms with Crippen molar-refractivity contribution in [3.05, 3.63) is 64.5 Å². The lowest BCUT2D eigenvalue weighted by molar-refractivity contribution is 0.261. The molecule has 132 valence electrons. The third-order valence-corrected chi connectivity index (χ3v) is 6.20. The third kappa shape index (κ3) is 3.60. The lowest BCUT2D eigenvalue weighted by Gasteiger charge is -2.36. The molecule has 0 atom stereocenters. The standard InChI is InChI=1S/C22H23N3S/c1-17-5-7-18(8-6-17)9-10-24-11-13-25(14-12-24)21-3-2-4-22-20(21)15-19(16-23)26-22/h2-8,15H,9-14H2,1H3. The molecule has 0 aliphatic carbocycles. The molecule has 26 heavy (non-hydrogen) atoms. The molecule has 0 unspecified atom stereocenters. The van der Waals surface area contributed by atoms with Crippen LogP contribution in [0.15, 0.2) is 48.5 Å². The van der Waals surface area contributed by atoms with Crippen LogP contribution in [0.4, 0.5) is 5.69 Å². The number of aryl methyl sites for hydroxylation is 1. The van der Waals surface area contributed by atoms with Crippen molar-refractivity contribution in [2.45, 2.75) is 13.3 Å². The molecule has 1 aromatic heterocycles. The van der Waals surface area contributed by atoms with Crippen molar-refractivity contribution >= 4 is 27.1 Å². The summed E-state index contributed by atoms with van der Waals surface area (Å²) < 4.78 is 1.21. The summed E-state index contributed by atoms with van der Waals surface area (Å²) in [5.74, 6) is 0. The quantitative estimate of drug-likeness (QED) is 0.688. The number of anilines is 1. The monoisotopic (exact) mass is 361 g/mol. The number of hydrogen-bond donors (Lipinski definition) is 0. The van der Waals surface area contributed by atoms with Crippen LogP contribution in [0.2, 0.25) is 0 Å². The van der Waals surface area contributed by atoms with E-state index in [0.29, 0.717) is 0 Å². The van der Waals surface area contributed by atoms with Crippen molar-refractivity contribution in [3.63, 3.8) is 0 Å². The first-order chi connectivity index (χ1) is 12.7. The number of piperazine rings is 1. The van der Waals surface area contributed by atoms with Gasteiger partial charge in [0.15, 0.2) is 0 Å². The highest BCUT2D eigenvalue weighted by Crippen LogP contribution is 2.33. The van der Waals surface area contributed by atoms with E-state index in [-0.39, 0.29) is 0 Å². The molecule has 1 fully saturated rings. The minimum Gasteiger partial charge on any atom is -0.368 e. The molecule has 4 heteroatoms. The summed E-state index contributed by atoms with van der Waals surface area (Å²) in [5.41, 5.74) is 4.02. The number of nitriles is 1. The van der Waals surface area contributed by atoms with Crippen LogP contribution in [0.3, 0.4) is 0 Å². The topological polar surface area (TPSA) is 30.3 Å². The Hall–Kier alpha value is -2.35. The average molecular weight is 362 g/mol. The van der Waals surface area contributed by atoms with Gasteiger partial charge in [0, 0.05) is 48.5 Å². The maximum atomic E-state index is 9.18. The highest BCUT2D eigenvalue weighted by atomic mass is 32.1. The Morgan fingerprint density at radius 2 is 1.81 bits per heavy atom. The first kappa shape index (κ1) is 17.1. The van der Waals surface area contributed by atoms with Gasteiger partial charge >= 0.3 is 0 Å². The Bertz CT molecular complexity index is 928. The lowest BCUT2D eigenvalue weighted by atomic mass is 10.1. The Labute approximate surface area is 159 Å². The van der Waals surface area contributed by atoms with E-state index in [4.69, 9.17) is 0 Å². The Balaban J connectivity index is 1.38. The van der Waals surface area contributed by atoms with Crippen LogP contribution in [0.1, 0.15) is 16.0 Å². The maximum Gasteiger partial charge on any atom is 0.110 e.